The van der Waals surface area contributed by atoms with Gasteiger partial charge in [-0.1, -0.05) is 31.4 Å². The first kappa shape index (κ1) is 21.0. The van der Waals surface area contributed by atoms with Gasteiger partial charge in [-0.15, -0.1) is 0 Å². The average molecular weight is 405 g/mol. The minimum absolute atomic E-state index is 0.0457. The van der Waals surface area contributed by atoms with Crippen LogP contribution in [0.25, 0.3) is 0 Å². The van der Waals surface area contributed by atoms with Crippen molar-refractivity contribution in [2.45, 2.75) is 64.0 Å². The van der Waals surface area contributed by atoms with Crippen LogP contribution in [0, 0.1) is 11.8 Å². The number of ether oxygens (including phenoxy) is 1. The van der Waals surface area contributed by atoms with Crippen LogP contribution in [0.15, 0.2) is 12.2 Å². The van der Waals surface area contributed by atoms with Gasteiger partial charge in [-0.3, -0.25) is 24.6 Å². The molecule has 29 heavy (non-hydrogen) atoms. The number of likely N-dealkylation sites (tertiary alicyclic amines) is 1. The van der Waals surface area contributed by atoms with Crippen molar-refractivity contribution in [2.24, 2.45) is 11.8 Å². The van der Waals surface area contributed by atoms with Gasteiger partial charge in [0.1, 0.15) is 6.04 Å². The number of esters is 1. The molecule has 9 heteroatoms. The number of imide groups is 2. The van der Waals surface area contributed by atoms with Gasteiger partial charge < -0.3 is 10.1 Å². The summed E-state index contributed by atoms with van der Waals surface area (Å²) in [5, 5.41) is 4.86. The first-order chi connectivity index (χ1) is 13.9. The maximum atomic E-state index is 12.5. The number of amides is 5. The van der Waals surface area contributed by atoms with E-state index in [-0.39, 0.29) is 17.9 Å². The Kier molecular flexibility index (Phi) is 6.66. The van der Waals surface area contributed by atoms with Crippen LogP contribution in [0.2, 0.25) is 0 Å². The Labute approximate surface area is 169 Å². The van der Waals surface area contributed by atoms with Crippen LogP contribution in [0.4, 0.5) is 4.79 Å². The highest BCUT2D eigenvalue weighted by atomic mass is 16.5. The van der Waals surface area contributed by atoms with Crippen molar-refractivity contribution >= 4 is 29.7 Å². The Morgan fingerprint density at radius 2 is 1.66 bits per heavy atom. The molecule has 0 bridgehead atoms. The van der Waals surface area contributed by atoms with Crippen LogP contribution < -0.4 is 10.6 Å². The first-order valence-electron chi connectivity index (χ1n) is 10.2. The smallest absolute Gasteiger partial charge is 0.329 e. The number of urea groups is 1. The molecule has 3 aliphatic rings. The molecule has 0 radical (unpaired) electrons. The topological polar surface area (TPSA) is 122 Å². The van der Waals surface area contributed by atoms with Gasteiger partial charge >= 0.3 is 12.0 Å². The van der Waals surface area contributed by atoms with Gasteiger partial charge in [0, 0.05) is 6.04 Å². The van der Waals surface area contributed by atoms with E-state index >= 15 is 0 Å². The van der Waals surface area contributed by atoms with E-state index in [0.29, 0.717) is 12.8 Å². The summed E-state index contributed by atoms with van der Waals surface area (Å²) in [6.07, 6.45) is 9.67. The first-order valence-corrected chi connectivity index (χ1v) is 10.2. The number of hydrogen-bond donors (Lipinski definition) is 2. The molecule has 9 nitrogen and oxygen atoms in total. The second-order valence-electron chi connectivity index (χ2n) is 7.84. The van der Waals surface area contributed by atoms with Crippen molar-refractivity contribution in [3.63, 3.8) is 0 Å². The van der Waals surface area contributed by atoms with E-state index in [1.807, 2.05) is 12.2 Å². The molecule has 0 aromatic rings. The summed E-state index contributed by atoms with van der Waals surface area (Å²) in [4.78, 5) is 61.9. The molecule has 1 saturated carbocycles. The molecule has 2 aliphatic carbocycles. The highest BCUT2D eigenvalue weighted by molar-refractivity contribution is 6.08. The van der Waals surface area contributed by atoms with Crippen LogP contribution >= 0.6 is 0 Å². The van der Waals surface area contributed by atoms with Gasteiger partial charge in [0.15, 0.2) is 6.61 Å². The Morgan fingerprint density at radius 1 is 1.07 bits per heavy atom. The number of nitrogens with one attached hydrogen (secondary N) is 2. The third-order valence-electron chi connectivity index (χ3n) is 5.81. The zero-order chi connectivity index (χ0) is 21.0. The Hall–Kier alpha value is -2.71. The summed E-state index contributed by atoms with van der Waals surface area (Å²) in [5.41, 5.74) is 0. The lowest BCUT2D eigenvalue weighted by Gasteiger charge is -2.23. The van der Waals surface area contributed by atoms with Gasteiger partial charge in [0.05, 0.1) is 11.8 Å². The standard InChI is InChI=1S/C20H27N3O6/c1-12(23-17(25)14-9-5-6-10-15(14)18(23)26)19(27)29-11-16(24)22-20(28)21-13-7-3-2-4-8-13/h5-6,12-15H,2-4,7-11H2,1H3,(H2,21,22,24,28)/t12-,14+,15+/m0/s1. The number of rotatable bonds is 5. The fourth-order valence-corrected chi connectivity index (χ4v) is 4.20. The van der Waals surface area contributed by atoms with Crippen molar-refractivity contribution in [1.82, 2.24) is 15.5 Å². The van der Waals surface area contributed by atoms with Crippen molar-refractivity contribution in [2.75, 3.05) is 6.61 Å². The van der Waals surface area contributed by atoms with E-state index in [1.165, 1.54) is 6.92 Å². The molecule has 0 unspecified atom stereocenters. The second kappa shape index (κ2) is 9.19. The van der Waals surface area contributed by atoms with Crippen molar-refractivity contribution in [3.8, 4) is 0 Å². The molecule has 1 aliphatic heterocycles. The van der Waals surface area contributed by atoms with Gasteiger partial charge in [-0.05, 0) is 32.6 Å². The molecule has 2 N–H and O–H groups in total. The molecule has 1 heterocycles. The summed E-state index contributed by atoms with van der Waals surface area (Å²) >= 11 is 0. The summed E-state index contributed by atoms with van der Waals surface area (Å²) in [6.45, 7) is 0.739. The molecule has 3 rings (SSSR count). The monoisotopic (exact) mass is 405 g/mol. The highest BCUT2D eigenvalue weighted by Crippen LogP contribution is 2.36. The molecular formula is C20H27N3O6. The zero-order valence-corrected chi connectivity index (χ0v) is 16.5. The van der Waals surface area contributed by atoms with Crippen molar-refractivity contribution in [3.05, 3.63) is 12.2 Å². The third kappa shape index (κ3) is 4.83. The van der Waals surface area contributed by atoms with Crippen molar-refractivity contribution < 1.29 is 28.7 Å². The second-order valence-corrected chi connectivity index (χ2v) is 7.84. The van der Waals surface area contributed by atoms with Crippen LogP contribution in [-0.2, 0) is 23.9 Å². The number of hydrogen-bond acceptors (Lipinski definition) is 6. The summed E-state index contributed by atoms with van der Waals surface area (Å²) in [7, 11) is 0. The SMILES string of the molecule is C[C@@H](C(=O)OCC(=O)NC(=O)NC1CCCCC1)N1C(=O)[C@@H]2CC=CC[C@H]2C1=O. The summed E-state index contributed by atoms with van der Waals surface area (Å²) in [6, 6.07) is -1.69. The van der Waals surface area contributed by atoms with Crippen molar-refractivity contribution in [1.29, 1.82) is 0 Å². The maximum Gasteiger partial charge on any atom is 0.329 e. The van der Waals surface area contributed by atoms with E-state index in [9.17, 15) is 24.0 Å². The molecule has 158 valence electrons. The predicted molar refractivity (Wildman–Crippen MR) is 101 cm³/mol. The molecule has 3 atom stereocenters. The van der Waals surface area contributed by atoms with Crippen LogP contribution in [0.5, 0.6) is 0 Å². The lowest BCUT2D eigenvalue weighted by Crippen LogP contribution is -2.47. The summed E-state index contributed by atoms with van der Waals surface area (Å²) < 4.78 is 4.93. The van der Waals surface area contributed by atoms with E-state index in [0.717, 1.165) is 37.0 Å². The molecule has 2 fully saturated rings. The normalized spacial score (nSPS) is 25.3. The lowest BCUT2D eigenvalue weighted by atomic mass is 9.85. The lowest BCUT2D eigenvalue weighted by molar-refractivity contribution is -0.159. The minimum atomic E-state index is -1.12. The molecular weight excluding hydrogens is 378 g/mol. The molecule has 5 amide bonds. The fourth-order valence-electron chi connectivity index (χ4n) is 4.20. The number of carbonyl (C=O) groups excluding carboxylic acids is 5. The predicted octanol–water partition coefficient (Wildman–Crippen LogP) is 1.03. The van der Waals surface area contributed by atoms with E-state index in [4.69, 9.17) is 4.74 Å². The fraction of sp³-hybridized carbons (Fsp3) is 0.650. The van der Waals surface area contributed by atoms with Crippen LogP contribution in [-0.4, -0.2) is 53.3 Å². The molecule has 0 spiro atoms. The number of allylic oxidation sites excluding steroid dienone is 2. The Morgan fingerprint density at radius 3 is 2.24 bits per heavy atom. The van der Waals surface area contributed by atoms with E-state index in [1.54, 1.807) is 0 Å². The van der Waals surface area contributed by atoms with Gasteiger partial charge in [-0.25, -0.2) is 9.59 Å². The van der Waals surface area contributed by atoms with Crippen LogP contribution in [0.3, 0.4) is 0 Å². The summed E-state index contributed by atoms with van der Waals surface area (Å²) in [5.74, 6) is -3.27. The van der Waals surface area contributed by atoms with Crippen LogP contribution in [0.1, 0.15) is 51.9 Å². The van der Waals surface area contributed by atoms with Gasteiger partial charge in [0.25, 0.3) is 5.91 Å². The Balaban J connectivity index is 1.45. The number of fused-ring (bicyclic) bond motifs is 1. The molecule has 1 saturated heterocycles. The van der Waals surface area contributed by atoms with Gasteiger partial charge in [-0.2, -0.15) is 0 Å². The number of nitrogens with zero attached hydrogens (tertiary/aromatic N) is 1. The van der Waals surface area contributed by atoms with Gasteiger partial charge in [0.2, 0.25) is 11.8 Å². The quantitative estimate of drug-likeness (QED) is 0.400. The highest BCUT2D eigenvalue weighted by Gasteiger charge is 2.50. The number of carbonyl (C=O) groups is 5. The average Bonchev–Trinajstić information content (AvgIpc) is 2.97. The third-order valence-corrected chi connectivity index (χ3v) is 5.81. The van der Waals surface area contributed by atoms with E-state index < -0.39 is 42.4 Å². The molecule has 0 aromatic carbocycles. The Bertz CT molecular complexity index is 702. The molecule has 0 aromatic heterocycles. The maximum absolute atomic E-state index is 12.5. The zero-order valence-electron chi connectivity index (χ0n) is 16.5. The minimum Gasteiger partial charge on any atom is -0.454 e. The largest absolute Gasteiger partial charge is 0.454 e. The van der Waals surface area contributed by atoms with E-state index in [2.05, 4.69) is 10.6 Å².